The summed E-state index contributed by atoms with van der Waals surface area (Å²) in [5.41, 5.74) is 0. The quantitative estimate of drug-likeness (QED) is 0.800. The smallest absolute Gasteiger partial charge is 0.470 e. The molecule has 0 saturated carbocycles. The third-order valence-corrected chi connectivity index (χ3v) is 4.23. The minimum absolute atomic E-state index is 0.103. The Morgan fingerprint density at radius 1 is 1.31 bits per heavy atom. The zero-order valence-electron chi connectivity index (χ0n) is 13.5. The summed E-state index contributed by atoms with van der Waals surface area (Å²) >= 11 is 5.78. The summed E-state index contributed by atoms with van der Waals surface area (Å²) in [6, 6.07) is 6.58. The normalized spacial score (nSPS) is 18.0. The van der Waals surface area contributed by atoms with Gasteiger partial charge < -0.3 is 14.1 Å². The van der Waals surface area contributed by atoms with Crippen molar-refractivity contribution in [1.82, 2.24) is 15.1 Å². The predicted octanol–water partition coefficient (Wildman–Crippen LogP) is 3.53. The van der Waals surface area contributed by atoms with E-state index in [1.807, 2.05) is 0 Å². The van der Waals surface area contributed by atoms with E-state index in [4.69, 9.17) is 20.8 Å². The van der Waals surface area contributed by atoms with Gasteiger partial charge in [-0.1, -0.05) is 11.6 Å². The number of ether oxygens (including phenoxy) is 1. The van der Waals surface area contributed by atoms with Gasteiger partial charge in [0, 0.05) is 18.1 Å². The van der Waals surface area contributed by atoms with E-state index in [0.29, 0.717) is 30.2 Å². The zero-order valence-corrected chi connectivity index (χ0v) is 14.3. The van der Waals surface area contributed by atoms with Gasteiger partial charge in [0.2, 0.25) is 5.89 Å². The first-order valence-corrected chi connectivity index (χ1v) is 8.27. The maximum Gasteiger partial charge on any atom is 0.470 e. The van der Waals surface area contributed by atoms with Crippen LogP contribution in [0, 0.1) is 0 Å². The molecule has 1 aliphatic heterocycles. The van der Waals surface area contributed by atoms with Crippen LogP contribution in [0.5, 0.6) is 5.75 Å². The molecule has 0 spiro atoms. The van der Waals surface area contributed by atoms with Gasteiger partial charge in [0.15, 0.2) is 6.61 Å². The average molecular weight is 390 g/mol. The van der Waals surface area contributed by atoms with Gasteiger partial charge >= 0.3 is 12.1 Å². The zero-order chi connectivity index (χ0) is 18.7. The maximum atomic E-state index is 12.6. The van der Waals surface area contributed by atoms with Crippen LogP contribution < -0.4 is 4.74 Å². The van der Waals surface area contributed by atoms with Gasteiger partial charge in [-0.25, -0.2) is 0 Å². The van der Waals surface area contributed by atoms with Crippen LogP contribution in [0.3, 0.4) is 0 Å². The van der Waals surface area contributed by atoms with E-state index in [2.05, 4.69) is 10.2 Å². The van der Waals surface area contributed by atoms with E-state index in [1.165, 1.54) is 4.90 Å². The second kappa shape index (κ2) is 7.53. The number of piperidine rings is 1. The number of hydrogen-bond acceptors (Lipinski definition) is 5. The van der Waals surface area contributed by atoms with Crippen LogP contribution in [0.25, 0.3) is 0 Å². The Morgan fingerprint density at radius 3 is 2.69 bits per heavy atom. The Labute approximate surface area is 151 Å². The van der Waals surface area contributed by atoms with Gasteiger partial charge in [-0.05, 0) is 37.1 Å². The summed E-state index contributed by atoms with van der Waals surface area (Å²) in [6.07, 6.45) is -3.48. The number of amides is 1. The molecule has 3 rings (SSSR count). The third kappa shape index (κ3) is 4.46. The lowest BCUT2D eigenvalue weighted by molar-refractivity contribution is -0.157. The second-order valence-corrected chi connectivity index (χ2v) is 6.30. The molecule has 1 saturated heterocycles. The average Bonchev–Trinajstić information content (AvgIpc) is 3.12. The number of aromatic nitrogens is 2. The third-order valence-electron chi connectivity index (χ3n) is 3.98. The van der Waals surface area contributed by atoms with E-state index < -0.39 is 18.0 Å². The Hall–Kier alpha value is -2.29. The predicted molar refractivity (Wildman–Crippen MR) is 84.8 cm³/mol. The number of benzene rings is 1. The molecule has 26 heavy (non-hydrogen) atoms. The van der Waals surface area contributed by atoms with Crippen molar-refractivity contribution in [2.75, 3.05) is 19.7 Å². The van der Waals surface area contributed by atoms with Gasteiger partial charge in [-0.3, -0.25) is 4.79 Å². The van der Waals surface area contributed by atoms with Gasteiger partial charge in [0.1, 0.15) is 5.75 Å². The highest BCUT2D eigenvalue weighted by atomic mass is 35.5. The molecule has 1 aromatic carbocycles. The fourth-order valence-corrected chi connectivity index (χ4v) is 2.81. The fourth-order valence-electron chi connectivity index (χ4n) is 2.69. The summed E-state index contributed by atoms with van der Waals surface area (Å²) in [6.45, 7) is 0.536. The second-order valence-electron chi connectivity index (χ2n) is 5.86. The number of carbonyl (C=O) groups excluding carboxylic acids is 1. The van der Waals surface area contributed by atoms with Crippen molar-refractivity contribution in [1.29, 1.82) is 0 Å². The molecular weight excluding hydrogens is 375 g/mol. The van der Waals surface area contributed by atoms with Gasteiger partial charge in [-0.15, -0.1) is 10.2 Å². The summed E-state index contributed by atoms with van der Waals surface area (Å²) in [5.74, 6) is -1.66. The van der Waals surface area contributed by atoms with Gasteiger partial charge in [0.25, 0.3) is 5.91 Å². The molecule has 0 unspecified atom stereocenters. The molecule has 0 aliphatic carbocycles. The first-order valence-electron chi connectivity index (χ1n) is 7.89. The molecule has 1 aromatic heterocycles. The number of nitrogens with zero attached hydrogens (tertiary/aromatic N) is 3. The van der Waals surface area contributed by atoms with Crippen molar-refractivity contribution in [3.63, 3.8) is 0 Å². The largest absolute Gasteiger partial charge is 0.484 e. The summed E-state index contributed by atoms with van der Waals surface area (Å²) in [4.78, 5) is 13.8. The number of carbonyl (C=O) groups is 1. The van der Waals surface area contributed by atoms with Crippen molar-refractivity contribution in [2.45, 2.75) is 24.9 Å². The van der Waals surface area contributed by atoms with Crippen LogP contribution >= 0.6 is 11.6 Å². The standard InChI is InChI=1S/C16H15ClF3N3O3/c17-11-3-5-12(6-4-11)25-9-13(24)23-7-1-2-10(8-23)14-21-22-15(26-14)16(18,19)20/h3-6,10H,1-2,7-9H2/t10-/m0/s1. The van der Waals surface area contributed by atoms with Crippen LogP contribution in [0.1, 0.15) is 30.5 Å². The molecule has 0 bridgehead atoms. The van der Waals surface area contributed by atoms with Crippen LogP contribution in [0.15, 0.2) is 28.7 Å². The van der Waals surface area contributed by atoms with E-state index in [1.54, 1.807) is 24.3 Å². The van der Waals surface area contributed by atoms with Gasteiger partial charge in [0.05, 0.1) is 5.92 Å². The molecule has 140 valence electrons. The Balaban J connectivity index is 1.58. The number of likely N-dealkylation sites (tertiary alicyclic amines) is 1. The molecule has 1 aliphatic rings. The molecular formula is C16H15ClF3N3O3. The van der Waals surface area contributed by atoms with Gasteiger partial charge in [-0.2, -0.15) is 13.2 Å². The number of rotatable bonds is 4. The SMILES string of the molecule is O=C(COc1ccc(Cl)cc1)N1CCC[C@H](c2nnc(C(F)(F)F)o2)C1. The maximum absolute atomic E-state index is 12.6. The molecule has 1 amide bonds. The van der Waals surface area contributed by atoms with Crippen LogP contribution in [-0.4, -0.2) is 40.7 Å². The fraction of sp³-hybridized carbons (Fsp3) is 0.438. The number of alkyl halides is 3. The monoisotopic (exact) mass is 389 g/mol. The lowest BCUT2D eigenvalue weighted by atomic mass is 9.98. The summed E-state index contributed by atoms with van der Waals surface area (Å²) in [7, 11) is 0. The lowest BCUT2D eigenvalue weighted by Gasteiger charge is -2.31. The van der Waals surface area contributed by atoms with Crippen molar-refractivity contribution in [3.8, 4) is 5.75 Å². The Kier molecular flexibility index (Phi) is 5.36. The highest BCUT2D eigenvalue weighted by Crippen LogP contribution is 2.32. The minimum Gasteiger partial charge on any atom is -0.484 e. The Bertz CT molecular complexity index is 764. The van der Waals surface area contributed by atoms with Crippen LogP contribution in [0.2, 0.25) is 5.02 Å². The molecule has 2 aromatic rings. The molecule has 1 fully saturated rings. The molecule has 6 nitrogen and oxygen atoms in total. The van der Waals surface area contributed by atoms with E-state index >= 15 is 0 Å². The van der Waals surface area contributed by atoms with E-state index in [0.717, 1.165) is 0 Å². The van der Waals surface area contributed by atoms with Crippen molar-refractivity contribution >= 4 is 17.5 Å². The Morgan fingerprint density at radius 2 is 2.04 bits per heavy atom. The first-order chi connectivity index (χ1) is 12.3. The summed E-state index contributed by atoms with van der Waals surface area (Å²) < 4.78 is 47.9. The first kappa shape index (κ1) is 18.5. The topological polar surface area (TPSA) is 68.5 Å². The number of hydrogen-bond donors (Lipinski definition) is 0. The van der Waals surface area contributed by atoms with E-state index in [-0.39, 0.29) is 24.9 Å². The molecule has 2 heterocycles. The van der Waals surface area contributed by atoms with Crippen LogP contribution in [-0.2, 0) is 11.0 Å². The highest BCUT2D eigenvalue weighted by Gasteiger charge is 2.39. The molecule has 1 atom stereocenters. The van der Waals surface area contributed by atoms with Crippen molar-refractivity contribution in [2.24, 2.45) is 0 Å². The van der Waals surface area contributed by atoms with Crippen molar-refractivity contribution in [3.05, 3.63) is 41.1 Å². The summed E-state index contributed by atoms with van der Waals surface area (Å²) in [5, 5.41) is 7.07. The highest BCUT2D eigenvalue weighted by molar-refractivity contribution is 6.30. The minimum atomic E-state index is -4.68. The molecule has 0 N–H and O–H groups in total. The number of halogens is 4. The lowest BCUT2D eigenvalue weighted by Crippen LogP contribution is -2.41. The van der Waals surface area contributed by atoms with E-state index in [9.17, 15) is 18.0 Å². The molecule has 10 heteroatoms. The van der Waals surface area contributed by atoms with Crippen LogP contribution in [0.4, 0.5) is 13.2 Å². The van der Waals surface area contributed by atoms with Crippen molar-refractivity contribution < 1.29 is 27.1 Å². The molecule has 0 radical (unpaired) electrons.